The zero-order valence-electron chi connectivity index (χ0n) is 10.4. The Morgan fingerprint density at radius 2 is 1.95 bits per heavy atom. The first kappa shape index (κ1) is 14.6. The second-order valence-electron chi connectivity index (χ2n) is 4.16. The van der Waals surface area contributed by atoms with Gasteiger partial charge in [-0.3, -0.25) is 4.79 Å². The molecule has 0 bridgehead atoms. The highest BCUT2D eigenvalue weighted by molar-refractivity contribution is 9.11. The van der Waals surface area contributed by atoms with E-state index >= 15 is 0 Å². The summed E-state index contributed by atoms with van der Waals surface area (Å²) in [5, 5.41) is 2.84. The molecule has 0 aliphatic carbocycles. The SMILES string of the molecule is Cc1cc(C(=O)Nc2c(N)cc(Br)cc2Br)sc1C. The van der Waals surface area contributed by atoms with Gasteiger partial charge in [-0.05, 0) is 53.5 Å². The Morgan fingerprint density at radius 1 is 1.26 bits per heavy atom. The van der Waals surface area contributed by atoms with Crippen molar-refractivity contribution in [3.05, 3.63) is 42.5 Å². The highest BCUT2D eigenvalue weighted by atomic mass is 79.9. The van der Waals surface area contributed by atoms with E-state index in [2.05, 4.69) is 37.2 Å². The van der Waals surface area contributed by atoms with Gasteiger partial charge in [0.2, 0.25) is 0 Å². The van der Waals surface area contributed by atoms with Gasteiger partial charge in [0.1, 0.15) is 0 Å². The number of halogens is 2. The molecule has 2 aromatic rings. The van der Waals surface area contributed by atoms with E-state index in [0.717, 1.165) is 19.4 Å². The fraction of sp³-hybridized carbons (Fsp3) is 0.154. The Morgan fingerprint density at radius 3 is 2.47 bits per heavy atom. The van der Waals surface area contributed by atoms with Gasteiger partial charge in [0.05, 0.1) is 16.3 Å². The summed E-state index contributed by atoms with van der Waals surface area (Å²) in [4.78, 5) is 14.0. The van der Waals surface area contributed by atoms with Crippen molar-refractivity contribution in [1.29, 1.82) is 0 Å². The van der Waals surface area contributed by atoms with Crippen molar-refractivity contribution in [2.24, 2.45) is 0 Å². The van der Waals surface area contributed by atoms with Gasteiger partial charge in [0.25, 0.3) is 5.91 Å². The molecule has 0 radical (unpaired) electrons. The molecule has 0 aliphatic rings. The highest BCUT2D eigenvalue weighted by Gasteiger charge is 2.14. The second kappa shape index (κ2) is 5.64. The summed E-state index contributed by atoms with van der Waals surface area (Å²) < 4.78 is 1.61. The Hall–Kier alpha value is -0.850. The van der Waals surface area contributed by atoms with Crippen LogP contribution in [-0.2, 0) is 0 Å². The third kappa shape index (κ3) is 3.19. The molecule has 100 valence electrons. The van der Waals surface area contributed by atoms with Crippen molar-refractivity contribution in [3.8, 4) is 0 Å². The maximum Gasteiger partial charge on any atom is 0.265 e. The number of anilines is 2. The van der Waals surface area contributed by atoms with Gasteiger partial charge >= 0.3 is 0 Å². The molecule has 2 rings (SSSR count). The highest BCUT2D eigenvalue weighted by Crippen LogP contribution is 2.33. The van der Waals surface area contributed by atoms with Crippen molar-refractivity contribution < 1.29 is 4.79 Å². The van der Waals surface area contributed by atoms with Gasteiger partial charge in [-0.15, -0.1) is 11.3 Å². The first-order valence-electron chi connectivity index (χ1n) is 5.51. The van der Waals surface area contributed by atoms with Crippen LogP contribution in [-0.4, -0.2) is 5.91 Å². The minimum atomic E-state index is -0.143. The second-order valence-corrected chi connectivity index (χ2v) is 7.18. The van der Waals surface area contributed by atoms with Crippen LogP contribution in [0.4, 0.5) is 11.4 Å². The lowest BCUT2D eigenvalue weighted by Crippen LogP contribution is -2.12. The summed E-state index contributed by atoms with van der Waals surface area (Å²) in [6.45, 7) is 3.99. The average Bonchev–Trinajstić information content (AvgIpc) is 2.64. The standard InChI is InChI=1S/C13H12Br2N2OS/c1-6-3-11(19-7(6)2)13(18)17-12-9(15)4-8(14)5-10(12)16/h3-5H,16H2,1-2H3,(H,17,18). The first-order valence-corrected chi connectivity index (χ1v) is 7.91. The van der Waals surface area contributed by atoms with Crippen LogP contribution in [0.1, 0.15) is 20.1 Å². The topological polar surface area (TPSA) is 55.1 Å². The minimum Gasteiger partial charge on any atom is -0.397 e. The fourth-order valence-electron chi connectivity index (χ4n) is 1.59. The molecule has 1 aromatic carbocycles. The van der Waals surface area contributed by atoms with Crippen LogP contribution in [0.25, 0.3) is 0 Å². The number of aryl methyl sites for hydroxylation is 2. The Kier molecular flexibility index (Phi) is 4.32. The molecule has 0 saturated heterocycles. The molecule has 0 atom stereocenters. The lowest BCUT2D eigenvalue weighted by Gasteiger charge is -2.10. The number of hydrogen-bond acceptors (Lipinski definition) is 3. The van der Waals surface area contributed by atoms with Crippen molar-refractivity contribution in [3.63, 3.8) is 0 Å². The molecule has 0 saturated carbocycles. The van der Waals surface area contributed by atoms with Crippen LogP contribution in [0.5, 0.6) is 0 Å². The average molecular weight is 404 g/mol. The van der Waals surface area contributed by atoms with Crippen molar-refractivity contribution in [2.75, 3.05) is 11.1 Å². The minimum absolute atomic E-state index is 0.143. The molecule has 1 heterocycles. The zero-order valence-corrected chi connectivity index (χ0v) is 14.4. The zero-order chi connectivity index (χ0) is 14.2. The number of carbonyl (C=O) groups excluding carboxylic acids is 1. The normalized spacial score (nSPS) is 10.5. The summed E-state index contributed by atoms with van der Waals surface area (Å²) >= 11 is 8.23. The Balaban J connectivity index is 2.29. The van der Waals surface area contributed by atoms with Crippen LogP contribution in [0.15, 0.2) is 27.1 Å². The molecule has 0 fully saturated rings. The molecule has 19 heavy (non-hydrogen) atoms. The van der Waals surface area contributed by atoms with E-state index in [-0.39, 0.29) is 5.91 Å². The number of carbonyl (C=O) groups is 1. The van der Waals surface area contributed by atoms with E-state index < -0.39 is 0 Å². The van der Waals surface area contributed by atoms with Gasteiger partial charge in [-0.2, -0.15) is 0 Å². The molecule has 3 nitrogen and oxygen atoms in total. The predicted octanol–water partition coefficient (Wildman–Crippen LogP) is 4.72. The lowest BCUT2D eigenvalue weighted by molar-refractivity contribution is 0.103. The molecule has 1 aromatic heterocycles. The van der Waals surface area contributed by atoms with E-state index in [4.69, 9.17) is 5.73 Å². The number of amides is 1. The van der Waals surface area contributed by atoms with Crippen molar-refractivity contribution >= 4 is 60.5 Å². The van der Waals surface area contributed by atoms with Gasteiger partial charge in [-0.1, -0.05) is 15.9 Å². The Bertz CT molecular complexity index is 610. The number of nitrogens with two attached hydrogens (primary N) is 1. The van der Waals surface area contributed by atoms with Crippen LogP contribution in [0.3, 0.4) is 0 Å². The van der Waals surface area contributed by atoms with E-state index in [1.807, 2.05) is 26.0 Å². The van der Waals surface area contributed by atoms with Crippen molar-refractivity contribution in [1.82, 2.24) is 0 Å². The summed E-state index contributed by atoms with van der Waals surface area (Å²) in [6.07, 6.45) is 0. The number of rotatable bonds is 2. The van der Waals surface area contributed by atoms with Crippen LogP contribution >= 0.6 is 43.2 Å². The van der Waals surface area contributed by atoms with E-state index in [0.29, 0.717) is 16.3 Å². The van der Waals surface area contributed by atoms with E-state index in [1.165, 1.54) is 11.3 Å². The number of benzene rings is 1. The number of hydrogen-bond donors (Lipinski definition) is 2. The molecular formula is C13H12Br2N2OS. The van der Waals surface area contributed by atoms with E-state index in [9.17, 15) is 4.79 Å². The van der Waals surface area contributed by atoms with Gasteiger partial charge < -0.3 is 11.1 Å². The van der Waals surface area contributed by atoms with Gasteiger partial charge in [0, 0.05) is 13.8 Å². The van der Waals surface area contributed by atoms with E-state index in [1.54, 1.807) is 6.07 Å². The third-order valence-electron chi connectivity index (χ3n) is 2.71. The van der Waals surface area contributed by atoms with Crippen LogP contribution in [0, 0.1) is 13.8 Å². The molecule has 0 aliphatic heterocycles. The van der Waals surface area contributed by atoms with Crippen molar-refractivity contribution in [2.45, 2.75) is 13.8 Å². The smallest absolute Gasteiger partial charge is 0.265 e. The fourth-order valence-corrected chi connectivity index (χ4v) is 3.87. The largest absolute Gasteiger partial charge is 0.397 e. The van der Waals surface area contributed by atoms with Gasteiger partial charge in [0.15, 0.2) is 0 Å². The molecule has 6 heteroatoms. The number of nitrogens with one attached hydrogen (secondary N) is 1. The molecular weight excluding hydrogens is 392 g/mol. The lowest BCUT2D eigenvalue weighted by atomic mass is 10.2. The summed E-state index contributed by atoms with van der Waals surface area (Å²) in [5.74, 6) is -0.143. The Labute approximate surface area is 132 Å². The molecule has 1 amide bonds. The number of thiophene rings is 1. The molecule has 3 N–H and O–H groups in total. The maximum atomic E-state index is 12.2. The summed E-state index contributed by atoms with van der Waals surface area (Å²) in [5.41, 5.74) is 8.14. The summed E-state index contributed by atoms with van der Waals surface area (Å²) in [7, 11) is 0. The van der Waals surface area contributed by atoms with Gasteiger partial charge in [-0.25, -0.2) is 0 Å². The maximum absolute atomic E-state index is 12.2. The van der Waals surface area contributed by atoms with Crippen LogP contribution in [0.2, 0.25) is 0 Å². The quantitative estimate of drug-likeness (QED) is 0.712. The number of nitrogen functional groups attached to an aromatic ring is 1. The predicted molar refractivity (Wildman–Crippen MR) is 88.0 cm³/mol. The first-order chi connectivity index (χ1) is 8.88. The monoisotopic (exact) mass is 402 g/mol. The summed E-state index contributed by atoms with van der Waals surface area (Å²) in [6, 6.07) is 5.49. The molecule has 0 unspecified atom stereocenters. The van der Waals surface area contributed by atoms with Crippen LogP contribution < -0.4 is 11.1 Å². The molecule has 0 spiro atoms. The third-order valence-corrected chi connectivity index (χ3v) is 4.95.